The minimum absolute atomic E-state index is 0.0573. The van der Waals surface area contributed by atoms with Crippen LogP contribution in [0.5, 0.6) is 11.5 Å². The number of ether oxygens (including phenoxy) is 2. The van der Waals surface area contributed by atoms with Crippen molar-refractivity contribution in [1.82, 2.24) is 10.2 Å². The number of rotatable bonds is 7. The lowest BCUT2D eigenvalue weighted by Gasteiger charge is -2.31. The average Bonchev–Trinajstić information content (AvgIpc) is 3.26. The van der Waals surface area contributed by atoms with Crippen LogP contribution in [0.15, 0.2) is 47.8 Å². The summed E-state index contributed by atoms with van der Waals surface area (Å²) in [5, 5.41) is 6.54. The van der Waals surface area contributed by atoms with E-state index in [0.29, 0.717) is 49.5 Å². The molecular formula is C25H28N2O4S. The minimum Gasteiger partial charge on any atom is -0.497 e. The predicted octanol–water partition coefficient (Wildman–Crippen LogP) is 4.13. The van der Waals surface area contributed by atoms with Gasteiger partial charge in [0.1, 0.15) is 11.5 Å². The monoisotopic (exact) mass is 452 g/mol. The lowest BCUT2D eigenvalue weighted by Crippen LogP contribution is -2.43. The zero-order valence-corrected chi connectivity index (χ0v) is 19.2. The number of nitrogens with one attached hydrogen (secondary N) is 1. The number of carbonyl (C=O) groups excluding carboxylic acids is 2. The van der Waals surface area contributed by atoms with Gasteiger partial charge >= 0.3 is 0 Å². The van der Waals surface area contributed by atoms with Crippen molar-refractivity contribution in [3.05, 3.63) is 59.0 Å². The van der Waals surface area contributed by atoms with Gasteiger partial charge in [0.05, 0.1) is 14.2 Å². The van der Waals surface area contributed by atoms with Crippen LogP contribution in [-0.4, -0.2) is 50.6 Å². The van der Waals surface area contributed by atoms with Crippen LogP contribution in [-0.2, 0) is 11.2 Å². The van der Waals surface area contributed by atoms with Gasteiger partial charge in [-0.3, -0.25) is 9.59 Å². The Bertz CT molecular complexity index is 1080. The number of hydrogen-bond donors (Lipinski definition) is 1. The molecule has 2 heterocycles. The number of carbonyl (C=O) groups is 2. The normalized spacial score (nSPS) is 14.4. The van der Waals surface area contributed by atoms with Crippen molar-refractivity contribution in [3.8, 4) is 11.5 Å². The van der Waals surface area contributed by atoms with E-state index in [1.54, 1.807) is 48.7 Å². The second-order valence-corrected chi connectivity index (χ2v) is 8.88. The molecule has 1 aliphatic rings. The second kappa shape index (κ2) is 10.0. The number of likely N-dealkylation sites (tertiary alicyclic amines) is 1. The maximum Gasteiger partial charge on any atom is 0.254 e. The van der Waals surface area contributed by atoms with Gasteiger partial charge in [0.15, 0.2) is 0 Å². The van der Waals surface area contributed by atoms with Crippen molar-refractivity contribution in [2.75, 3.05) is 33.9 Å². The predicted molar refractivity (Wildman–Crippen MR) is 127 cm³/mol. The van der Waals surface area contributed by atoms with E-state index in [1.165, 1.54) is 15.6 Å². The molecule has 0 spiro atoms. The highest BCUT2D eigenvalue weighted by Gasteiger charge is 2.28. The molecule has 1 aromatic heterocycles. The van der Waals surface area contributed by atoms with E-state index in [0.717, 1.165) is 6.42 Å². The Morgan fingerprint density at radius 2 is 1.75 bits per heavy atom. The van der Waals surface area contributed by atoms with E-state index >= 15 is 0 Å². The summed E-state index contributed by atoms with van der Waals surface area (Å²) in [6.45, 7) is 1.75. The number of methoxy groups -OCH3 is 2. The van der Waals surface area contributed by atoms with Crippen LogP contribution in [0, 0.1) is 5.92 Å². The molecule has 0 aliphatic carbocycles. The van der Waals surface area contributed by atoms with E-state index in [1.807, 2.05) is 12.1 Å². The SMILES string of the molecule is COc1cc(OC)cc(C(=O)N2CCC(C(=O)NCCc3csc4ccccc34)CC2)c1. The molecule has 1 N–H and O–H groups in total. The molecule has 6 nitrogen and oxygen atoms in total. The highest BCUT2D eigenvalue weighted by molar-refractivity contribution is 7.17. The molecule has 2 amide bonds. The van der Waals surface area contributed by atoms with Gasteiger partial charge in [0, 0.05) is 41.9 Å². The van der Waals surface area contributed by atoms with Crippen LogP contribution < -0.4 is 14.8 Å². The molecule has 0 atom stereocenters. The number of amides is 2. The van der Waals surface area contributed by atoms with Crippen LogP contribution >= 0.6 is 11.3 Å². The van der Waals surface area contributed by atoms with E-state index in [-0.39, 0.29) is 17.7 Å². The van der Waals surface area contributed by atoms with Crippen LogP contribution in [0.2, 0.25) is 0 Å². The Morgan fingerprint density at radius 1 is 1.06 bits per heavy atom. The van der Waals surface area contributed by atoms with Crippen molar-refractivity contribution >= 4 is 33.2 Å². The summed E-state index contributed by atoms with van der Waals surface area (Å²) in [6.07, 6.45) is 2.16. The molecule has 1 saturated heterocycles. The van der Waals surface area contributed by atoms with E-state index in [2.05, 4.69) is 22.8 Å². The van der Waals surface area contributed by atoms with Gasteiger partial charge < -0.3 is 19.7 Å². The number of thiophene rings is 1. The van der Waals surface area contributed by atoms with E-state index in [9.17, 15) is 9.59 Å². The highest BCUT2D eigenvalue weighted by atomic mass is 32.1. The quantitative estimate of drug-likeness (QED) is 0.585. The zero-order chi connectivity index (χ0) is 22.5. The summed E-state index contributed by atoms with van der Waals surface area (Å²) in [5.74, 6) is 1.13. The van der Waals surface area contributed by atoms with Gasteiger partial charge in [-0.1, -0.05) is 18.2 Å². The Kier molecular flexibility index (Phi) is 6.95. The van der Waals surface area contributed by atoms with Crippen molar-refractivity contribution in [2.45, 2.75) is 19.3 Å². The first-order chi connectivity index (χ1) is 15.6. The number of benzene rings is 2. The number of hydrogen-bond acceptors (Lipinski definition) is 5. The average molecular weight is 453 g/mol. The molecule has 0 saturated carbocycles. The van der Waals surface area contributed by atoms with Gasteiger partial charge in [-0.15, -0.1) is 11.3 Å². The summed E-state index contributed by atoms with van der Waals surface area (Å²) in [7, 11) is 3.13. The maximum atomic E-state index is 12.9. The third-order valence-electron chi connectivity index (χ3n) is 6.01. The Labute approximate surface area is 192 Å². The largest absolute Gasteiger partial charge is 0.497 e. The van der Waals surface area contributed by atoms with Crippen LogP contribution in [0.25, 0.3) is 10.1 Å². The fourth-order valence-corrected chi connectivity index (χ4v) is 5.15. The molecule has 3 aromatic rings. The second-order valence-electron chi connectivity index (χ2n) is 7.97. The minimum atomic E-state index is -0.0644. The van der Waals surface area contributed by atoms with Gasteiger partial charge in [-0.05, 0) is 53.8 Å². The molecule has 4 rings (SSSR count). The van der Waals surface area contributed by atoms with E-state index < -0.39 is 0 Å². The molecule has 1 fully saturated rings. The highest BCUT2D eigenvalue weighted by Crippen LogP contribution is 2.27. The first-order valence-corrected chi connectivity index (χ1v) is 11.7. The molecule has 2 aromatic carbocycles. The van der Waals surface area contributed by atoms with Gasteiger partial charge in [-0.25, -0.2) is 0 Å². The van der Waals surface area contributed by atoms with Gasteiger partial charge in [0.25, 0.3) is 5.91 Å². The first-order valence-electron chi connectivity index (χ1n) is 10.8. The third-order valence-corrected chi connectivity index (χ3v) is 7.02. The standard InChI is InChI=1S/C25H28N2O4S/c1-30-20-13-19(14-21(15-20)31-2)25(29)27-11-8-17(9-12-27)24(28)26-10-7-18-16-32-23-6-4-3-5-22(18)23/h3-6,13-17H,7-12H2,1-2H3,(H,26,28). The number of fused-ring (bicyclic) bond motifs is 1. The van der Waals surface area contributed by atoms with Gasteiger partial charge in [-0.2, -0.15) is 0 Å². The molecule has 0 bridgehead atoms. The maximum absolute atomic E-state index is 12.9. The van der Waals surface area contributed by atoms with Crippen molar-refractivity contribution in [2.24, 2.45) is 5.92 Å². The summed E-state index contributed by atoms with van der Waals surface area (Å²) in [6, 6.07) is 13.5. The summed E-state index contributed by atoms with van der Waals surface area (Å²) in [4.78, 5) is 27.4. The van der Waals surface area contributed by atoms with Crippen LogP contribution in [0.1, 0.15) is 28.8 Å². The zero-order valence-electron chi connectivity index (χ0n) is 18.4. The fraction of sp³-hybridized carbons (Fsp3) is 0.360. The lowest BCUT2D eigenvalue weighted by atomic mass is 9.95. The smallest absolute Gasteiger partial charge is 0.254 e. The van der Waals surface area contributed by atoms with E-state index in [4.69, 9.17) is 9.47 Å². The molecule has 32 heavy (non-hydrogen) atoms. The summed E-state index contributed by atoms with van der Waals surface area (Å²) >= 11 is 1.74. The molecule has 0 radical (unpaired) electrons. The molecule has 0 unspecified atom stereocenters. The van der Waals surface area contributed by atoms with Crippen LogP contribution in [0.3, 0.4) is 0 Å². The Hall–Kier alpha value is -3.06. The topological polar surface area (TPSA) is 67.9 Å². The Morgan fingerprint density at radius 3 is 2.44 bits per heavy atom. The van der Waals surface area contributed by atoms with Crippen LogP contribution in [0.4, 0.5) is 0 Å². The molecule has 168 valence electrons. The third kappa shape index (κ3) is 4.88. The number of piperidine rings is 1. The molecule has 1 aliphatic heterocycles. The number of nitrogens with zero attached hydrogens (tertiary/aromatic N) is 1. The molecule has 7 heteroatoms. The summed E-state index contributed by atoms with van der Waals surface area (Å²) in [5.41, 5.74) is 1.81. The van der Waals surface area contributed by atoms with Crippen molar-refractivity contribution in [3.63, 3.8) is 0 Å². The molecular weight excluding hydrogens is 424 g/mol. The summed E-state index contributed by atoms with van der Waals surface area (Å²) < 4.78 is 11.8. The van der Waals surface area contributed by atoms with Crippen molar-refractivity contribution in [1.29, 1.82) is 0 Å². The van der Waals surface area contributed by atoms with Crippen molar-refractivity contribution < 1.29 is 19.1 Å². The Balaban J connectivity index is 1.27. The lowest BCUT2D eigenvalue weighted by molar-refractivity contribution is -0.126. The fourth-order valence-electron chi connectivity index (χ4n) is 4.15. The van der Waals surface area contributed by atoms with Gasteiger partial charge in [0.2, 0.25) is 5.91 Å². The first kappa shape index (κ1) is 22.1.